The standard InChI is InChI=1S/C12H15NO3/c1-15-11-6-3-2-5-10(11)9-12(14)13-7-4-8-16-13/h2-3,5-6H,4,7-9H2,1H3. The van der Waals surface area contributed by atoms with Gasteiger partial charge in [-0.3, -0.25) is 9.63 Å². The Morgan fingerprint density at radius 2 is 2.31 bits per heavy atom. The average molecular weight is 221 g/mol. The summed E-state index contributed by atoms with van der Waals surface area (Å²) in [6.45, 7) is 1.33. The molecular formula is C12H15NO3. The first-order chi connectivity index (χ1) is 7.81. The van der Waals surface area contributed by atoms with E-state index in [0.717, 1.165) is 17.7 Å². The molecule has 86 valence electrons. The summed E-state index contributed by atoms with van der Waals surface area (Å²) in [5.74, 6) is 0.733. The molecule has 1 aliphatic heterocycles. The monoisotopic (exact) mass is 221 g/mol. The molecular weight excluding hydrogens is 206 g/mol. The molecule has 1 saturated heterocycles. The van der Waals surface area contributed by atoms with E-state index in [9.17, 15) is 4.79 Å². The Hall–Kier alpha value is -1.55. The summed E-state index contributed by atoms with van der Waals surface area (Å²) < 4.78 is 5.20. The van der Waals surface area contributed by atoms with Crippen molar-refractivity contribution in [3.63, 3.8) is 0 Å². The third-order valence-electron chi connectivity index (χ3n) is 2.57. The molecule has 2 rings (SSSR count). The van der Waals surface area contributed by atoms with Gasteiger partial charge in [-0.25, -0.2) is 5.06 Å². The van der Waals surface area contributed by atoms with Crippen molar-refractivity contribution in [1.82, 2.24) is 5.06 Å². The Balaban J connectivity index is 2.05. The number of hydroxylamine groups is 2. The zero-order valence-corrected chi connectivity index (χ0v) is 9.31. The van der Waals surface area contributed by atoms with E-state index >= 15 is 0 Å². The van der Waals surface area contributed by atoms with Gasteiger partial charge < -0.3 is 4.74 Å². The Bertz CT molecular complexity index is 372. The van der Waals surface area contributed by atoms with Crippen molar-refractivity contribution < 1.29 is 14.4 Å². The van der Waals surface area contributed by atoms with Crippen LogP contribution in [0.3, 0.4) is 0 Å². The summed E-state index contributed by atoms with van der Waals surface area (Å²) in [6.07, 6.45) is 1.24. The van der Waals surface area contributed by atoms with Crippen molar-refractivity contribution in [2.45, 2.75) is 12.8 Å². The first kappa shape index (κ1) is 11.0. The molecule has 0 atom stereocenters. The van der Waals surface area contributed by atoms with Crippen LogP contribution in [-0.4, -0.2) is 31.2 Å². The van der Waals surface area contributed by atoms with Crippen LogP contribution in [0, 0.1) is 0 Å². The van der Waals surface area contributed by atoms with Crippen LogP contribution in [0.1, 0.15) is 12.0 Å². The van der Waals surface area contributed by atoms with E-state index in [1.165, 1.54) is 5.06 Å². The number of rotatable bonds is 3. The zero-order valence-electron chi connectivity index (χ0n) is 9.31. The average Bonchev–Trinajstić information content (AvgIpc) is 2.83. The summed E-state index contributed by atoms with van der Waals surface area (Å²) in [5, 5.41) is 1.44. The van der Waals surface area contributed by atoms with Gasteiger partial charge in [-0.05, 0) is 12.5 Å². The van der Waals surface area contributed by atoms with Gasteiger partial charge in [0.25, 0.3) is 5.91 Å². The molecule has 0 unspecified atom stereocenters. The molecule has 1 aromatic rings. The first-order valence-electron chi connectivity index (χ1n) is 5.36. The van der Waals surface area contributed by atoms with Gasteiger partial charge in [0.05, 0.1) is 26.7 Å². The van der Waals surface area contributed by atoms with Crippen molar-refractivity contribution in [3.05, 3.63) is 29.8 Å². The second-order valence-electron chi connectivity index (χ2n) is 3.67. The largest absolute Gasteiger partial charge is 0.496 e. The van der Waals surface area contributed by atoms with Crippen molar-refractivity contribution >= 4 is 5.91 Å². The molecule has 1 amide bonds. The molecule has 0 saturated carbocycles. The Morgan fingerprint density at radius 3 is 3.00 bits per heavy atom. The van der Waals surface area contributed by atoms with E-state index in [0.29, 0.717) is 19.6 Å². The van der Waals surface area contributed by atoms with Crippen LogP contribution in [0.15, 0.2) is 24.3 Å². The molecule has 0 radical (unpaired) electrons. The number of hydrogen-bond donors (Lipinski definition) is 0. The molecule has 16 heavy (non-hydrogen) atoms. The summed E-state index contributed by atoms with van der Waals surface area (Å²) in [7, 11) is 1.61. The molecule has 4 heteroatoms. The second-order valence-corrected chi connectivity index (χ2v) is 3.67. The molecule has 0 bridgehead atoms. The number of methoxy groups -OCH3 is 1. The SMILES string of the molecule is COc1ccccc1CC(=O)N1CCCO1. The third-order valence-corrected chi connectivity index (χ3v) is 2.57. The van der Waals surface area contributed by atoms with Gasteiger partial charge in [-0.2, -0.15) is 0 Å². The fourth-order valence-corrected chi connectivity index (χ4v) is 1.74. The van der Waals surface area contributed by atoms with Crippen molar-refractivity contribution in [3.8, 4) is 5.75 Å². The molecule has 0 N–H and O–H groups in total. The van der Waals surface area contributed by atoms with Crippen LogP contribution in [0.2, 0.25) is 0 Å². The summed E-state index contributed by atoms with van der Waals surface area (Å²) in [6, 6.07) is 7.54. The van der Waals surface area contributed by atoms with Gasteiger partial charge in [-0.15, -0.1) is 0 Å². The molecule has 1 aromatic carbocycles. The number of carbonyl (C=O) groups is 1. The normalized spacial score (nSPS) is 15.2. The topological polar surface area (TPSA) is 38.8 Å². The van der Waals surface area contributed by atoms with Gasteiger partial charge in [0.1, 0.15) is 5.75 Å². The van der Waals surface area contributed by atoms with E-state index in [-0.39, 0.29) is 5.91 Å². The predicted molar refractivity (Wildman–Crippen MR) is 59.0 cm³/mol. The molecule has 1 aliphatic rings. The van der Waals surface area contributed by atoms with Gasteiger partial charge in [0, 0.05) is 5.56 Å². The fourth-order valence-electron chi connectivity index (χ4n) is 1.74. The highest BCUT2D eigenvalue weighted by molar-refractivity contribution is 5.78. The number of para-hydroxylation sites is 1. The minimum Gasteiger partial charge on any atom is -0.496 e. The highest BCUT2D eigenvalue weighted by atomic mass is 16.7. The number of carbonyl (C=O) groups excluding carboxylic acids is 1. The lowest BCUT2D eigenvalue weighted by molar-refractivity contribution is -0.167. The Kier molecular flexibility index (Phi) is 3.41. The van der Waals surface area contributed by atoms with E-state index in [1.807, 2.05) is 24.3 Å². The minimum atomic E-state index is -0.0120. The van der Waals surface area contributed by atoms with Gasteiger partial charge in [-0.1, -0.05) is 18.2 Å². The summed E-state index contributed by atoms with van der Waals surface area (Å²) in [5.41, 5.74) is 0.894. The number of hydrogen-bond acceptors (Lipinski definition) is 3. The molecule has 4 nitrogen and oxygen atoms in total. The van der Waals surface area contributed by atoms with Crippen LogP contribution in [0.5, 0.6) is 5.75 Å². The lowest BCUT2D eigenvalue weighted by Crippen LogP contribution is -2.28. The van der Waals surface area contributed by atoms with Crippen LogP contribution >= 0.6 is 0 Å². The van der Waals surface area contributed by atoms with E-state index in [2.05, 4.69) is 0 Å². The van der Waals surface area contributed by atoms with E-state index in [1.54, 1.807) is 7.11 Å². The second kappa shape index (κ2) is 4.99. The lowest BCUT2D eigenvalue weighted by atomic mass is 10.1. The highest BCUT2D eigenvalue weighted by Gasteiger charge is 2.20. The third kappa shape index (κ3) is 2.33. The van der Waals surface area contributed by atoms with Gasteiger partial charge in [0.15, 0.2) is 0 Å². The molecule has 0 aliphatic carbocycles. The summed E-state index contributed by atoms with van der Waals surface area (Å²) >= 11 is 0. The minimum absolute atomic E-state index is 0.0120. The van der Waals surface area contributed by atoms with Crippen LogP contribution < -0.4 is 4.74 Å². The lowest BCUT2D eigenvalue weighted by Gasteiger charge is -2.14. The molecule has 1 heterocycles. The quantitative estimate of drug-likeness (QED) is 0.774. The van der Waals surface area contributed by atoms with Gasteiger partial charge in [0.2, 0.25) is 0 Å². The zero-order chi connectivity index (χ0) is 11.4. The number of nitrogens with zero attached hydrogens (tertiary/aromatic N) is 1. The maximum atomic E-state index is 11.8. The Morgan fingerprint density at radius 1 is 1.50 bits per heavy atom. The maximum Gasteiger partial charge on any atom is 0.250 e. The molecule has 0 aromatic heterocycles. The predicted octanol–water partition coefficient (Wildman–Crippen LogP) is 1.40. The van der Waals surface area contributed by atoms with Crippen molar-refractivity contribution in [2.24, 2.45) is 0 Å². The van der Waals surface area contributed by atoms with Crippen molar-refractivity contribution in [2.75, 3.05) is 20.3 Å². The van der Waals surface area contributed by atoms with Crippen LogP contribution in [0.25, 0.3) is 0 Å². The Labute approximate surface area is 94.7 Å². The maximum absolute atomic E-state index is 11.8. The number of benzene rings is 1. The number of ether oxygens (including phenoxy) is 1. The van der Waals surface area contributed by atoms with Gasteiger partial charge >= 0.3 is 0 Å². The number of amides is 1. The van der Waals surface area contributed by atoms with Crippen molar-refractivity contribution in [1.29, 1.82) is 0 Å². The smallest absolute Gasteiger partial charge is 0.250 e. The fraction of sp³-hybridized carbons (Fsp3) is 0.417. The summed E-state index contributed by atoms with van der Waals surface area (Å²) in [4.78, 5) is 17.0. The van der Waals surface area contributed by atoms with Crippen LogP contribution in [-0.2, 0) is 16.1 Å². The molecule has 1 fully saturated rings. The van der Waals surface area contributed by atoms with E-state index < -0.39 is 0 Å². The van der Waals surface area contributed by atoms with Crippen LogP contribution in [0.4, 0.5) is 0 Å². The van der Waals surface area contributed by atoms with E-state index in [4.69, 9.17) is 9.57 Å². The highest BCUT2D eigenvalue weighted by Crippen LogP contribution is 2.19. The molecule has 0 spiro atoms. The first-order valence-corrected chi connectivity index (χ1v) is 5.36.